The summed E-state index contributed by atoms with van der Waals surface area (Å²) in [7, 11) is -11.1. The van der Waals surface area contributed by atoms with E-state index in [2.05, 4.69) is 26.8 Å². The lowest BCUT2D eigenvalue weighted by Crippen LogP contribution is -2.59. The van der Waals surface area contributed by atoms with E-state index in [0.29, 0.717) is 26.2 Å². The van der Waals surface area contributed by atoms with Crippen molar-refractivity contribution in [3.05, 3.63) is 0 Å². The molecular formula is C10H27N5O7P2. The maximum Gasteiger partial charge on any atom is 0.371 e. The highest BCUT2D eigenvalue weighted by molar-refractivity contribution is 7.72. The molecule has 0 spiro atoms. The molecule has 144 valence electrons. The van der Waals surface area contributed by atoms with Crippen molar-refractivity contribution >= 4 is 15.2 Å². The highest BCUT2D eigenvalue weighted by atomic mass is 31.2. The molecule has 10 N–H and O–H groups in total. The van der Waals surface area contributed by atoms with Crippen LogP contribution in [0.15, 0.2) is 0 Å². The van der Waals surface area contributed by atoms with E-state index >= 15 is 0 Å². The van der Waals surface area contributed by atoms with E-state index < -0.39 is 26.3 Å². The van der Waals surface area contributed by atoms with Crippen LogP contribution in [-0.4, -0.2) is 81.6 Å². The van der Waals surface area contributed by atoms with E-state index in [4.69, 9.17) is 0 Å². The Kier molecular flexibility index (Phi) is 8.91. The third kappa shape index (κ3) is 6.10. The summed E-state index contributed by atoms with van der Waals surface area (Å²) in [6.45, 7) is 3.10. The van der Waals surface area contributed by atoms with Gasteiger partial charge in [-0.25, -0.2) is 5.43 Å². The Labute approximate surface area is 140 Å². The number of hydrogen-bond donors (Lipinski definition) is 10. The van der Waals surface area contributed by atoms with Gasteiger partial charge in [0.05, 0.1) is 6.04 Å². The molecule has 24 heavy (non-hydrogen) atoms. The molecule has 1 atom stereocenters. The van der Waals surface area contributed by atoms with Crippen molar-refractivity contribution in [2.75, 3.05) is 45.8 Å². The van der Waals surface area contributed by atoms with Gasteiger partial charge in [0.15, 0.2) is 0 Å². The van der Waals surface area contributed by atoms with Gasteiger partial charge < -0.3 is 40.6 Å². The van der Waals surface area contributed by atoms with Gasteiger partial charge in [-0.05, 0) is 19.5 Å². The van der Waals surface area contributed by atoms with Gasteiger partial charge in [0.25, 0.3) is 5.08 Å². The zero-order valence-electron chi connectivity index (χ0n) is 13.2. The van der Waals surface area contributed by atoms with E-state index in [1.54, 1.807) is 0 Å². The Balaban J connectivity index is 2.90. The Hall–Kier alpha value is 0.0600. The molecule has 0 aromatic rings. The molecule has 1 heterocycles. The van der Waals surface area contributed by atoms with Gasteiger partial charge in [-0.3, -0.25) is 14.6 Å². The fraction of sp³-hybridized carbons (Fsp3) is 1.00. The van der Waals surface area contributed by atoms with Crippen molar-refractivity contribution in [2.45, 2.75) is 17.5 Å². The Morgan fingerprint density at radius 3 is 1.83 bits per heavy atom. The third-order valence-corrected chi connectivity index (χ3v) is 7.46. The molecule has 1 unspecified atom stereocenters. The number of nitrogens with one attached hydrogen (secondary N) is 5. The topological polar surface area (TPSA) is 195 Å². The maximum absolute atomic E-state index is 11.6. The van der Waals surface area contributed by atoms with Crippen LogP contribution in [0.2, 0.25) is 0 Å². The summed E-state index contributed by atoms with van der Waals surface area (Å²) < 4.78 is 23.2. The van der Waals surface area contributed by atoms with Gasteiger partial charge >= 0.3 is 15.2 Å². The van der Waals surface area contributed by atoms with E-state index in [9.17, 15) is 33.8 Å². The molecule has 0 aliphatic carbocycles. The SMILES string of the molecule is O=P(O)(O)C(O)(C1CNCCNCCCNCCNN1)P(=O)(O)O. The predicted octanol–water partition coefficient (Wildman–Crippen LogP) is -3.38. The minimum absolute atomic E-state index is 0.269. The van der Waals surface area contributed by atoms with E-state index in [-0.39, 0.29) is 6.54 Å². The predicted molar refractivity (Wildman–Crippen MR) is 87.2 cm³/mol. The fourth-order valence-corrected chi connectivity index (χ4v) is 4.70. The smallest absolute Gasteiger partial charge is 0.366 e. The van der Waals surface area contributed by atoms with Crippen molar-refractivity contribution in [2.24, 2.45) is 0 Å². The highest BCUT2D eigenvalue weighted by Crippen LogP contribution is 2.68. The van der Waals surface area contributed by atoms with Crippen molar-refractivity contribution in [1.82, 2.24) is 26.8 Å². The molecule has 1 aliphatic heterocycles. The van der Waals surface area contributed by atoms with Crippen LogP contribution in [0.4, 0.5) is 0 Å². The van der Waals surface area contributed by atoms with Gasteiger partial charge in [0.1, 0.15) is 0 Å². The molecule has 12 nitrogen and oxygen atoms in total. The average molecular weight is 391 g/mol. The molecule has 0 aromatic carbocycles. The summed E-state index contributed by atoms with van der Waals surface area (Å²) in [6.07, 6.45) is 0.937. The highest BCUT2D eigenvalue weighted by Gasteiger charge is 2.64. The van der Waals surface area contributed by atoms with Gasteiger partial charge in [-0.2, -0.15) is 0 Å². The van der Waals surface area contributed by atoms with Gasteiger partial charge in [0.2, 0.25) is 0 Å². The molecule has 1 saturated heterocycles. The minimum atomic E-state index is -5.55. The molecule has 0 saturated carbocycles. The van der Waals surface area contributed by atoms with E-state index in [1.807, 2.05) is 0 Å². The molecule has 1 aliphatic rings. The van der Waals surface area contributed by atoms with Crippen molar-refractivity contribution in [1.29, 1.82) is 0 Å². The van der Waals surface area contributed by atoms with E-state index in [0.717, 1.165) is 19.5 Å². The van der Waals surface area contributed by atoms with Crippen LogP contribution < -0.4 is 26.8 Å². The summed E-state index contributed by atoms with van der Waals surface area (Å²) >= 11 is 0. The monoisotopic (exact) mass is 391 g/mol. The normalized spacial score (nSPS) is 24.3. The van der Waals surface area contributed by atoms with Gasteiger partial charge in [0, 0.05) is 32.7 Å². The third-order valence-electron chi connectivity index (χ3n) is 3.56. The molecule has 0 aromatic heterocycles. The first kappa shape index (κ1) is 22.1. The Morgan fingerprint density at radius 1 is 0.792 bits per heavy atom. The second kappa shape index (κ2) is 9.67. The Bertz CT molecular complexity index is 435. The number of aliphatic hydroxyl groups is 1. The van der Waals surface area contributed by atoms with Crippen LogP contribution in [0, 0.1) is 0 Å². The molecule has 0 radical (unpaired) electrons. The van der Waals surface area contributed by atoms with Crippen LogP contribution in [0.25, 0.3) is 0 Å². The lowest BCUT2D eigenvalue weighted by Gasteiger charge is -2.37. The first-order chi connectivity index (χ1) is 11.1. The first-order valence-corrected chi connectivity index (χ1v) is 10.8. The lowest BCUT2D eigenvalue weighted by molar-refractivity contribution is 0.0881. The van der Waals surface area contributed by atoms with Crippen molar-refractivity contribution in [3.63, 3.8) is 0 Å². The van der Waals surface area contributed by atoms with Crippen LogP contribution in [0.1, 0.15) is 6.42 Å². The van der Waals surface area contributed by atoms with Crippen LogP contribution in [0.3, 0.4) is 0 Å². The summed E-state index contributed by atoms with van der Waals surface area (Å²) in [5.74, 6) is 0. The number of hydrazine groups is 1. The second-order valence-corrected chi connectivity index (χ2v) is 9.35. The fourth-order valence-electron chi connectivity index (χ4n) is 2.22. The van der Waals surface area contributed by atoms with Crippen LogP contribution >= 0.6 is 15.2 Å². The molecule has 14 heteroatoms. The van der Waals surface area contributed by atoms with Crippen LogP contribution in [-0.2, 0) is 9.13 Å². The minimum Gasteiger partial charge on any atom is -0.366 e. The maximum atomic E-state index is 11.6. The zero-order chi connectivity index (χ0) is 18.3. The molecular weight excluding hydrogens is 364 g/mol. The molecule has 0 bridgehead atoms. The molecule has 0 amide bonds. The van der Waals surface area contributed by atoms with E-state index in [1.165, 1.54) is 0 Å². The van der Waals surface area contributed by atoms with Gasteiger partial charge in [-0.15, -0.1) is 0 Å². The summed E-state index contributed by atoms with van der Waals surface area (Å²) in [6, 6.07) is -1.62. The second-order valence-electron chi connectivity index (χ2n) is 5.46. The zero-order valence-corrected chi connectivity index (χ0v) is 15.0. The summed E-state index contributed by atoms with van der Waals surface area (Å²) in [5.41, 5.74) is 5.04. The molecule has 1 rings (SSSR count). The number of rotatable bonds is 3. The standard InChI is InChI=1S/C10H27N5O7P2/c16-10(23(17,18)19,24(20,21)22)9-8-13-5-4-11-2-1-3-12-6-7-14-15-9/h9,11-16H,1-8H2,(H2,17,18,19)(H2,20,21,22). The van der Waals surface area contributed by atoms with Crippen molar-refractivity contribution < 1.29 is 33.8 Å². The van der Waals surface area contributed by atoms with Crippen LogP contribution in [0.5, 0.6) is 0 Å². The van der Waals surface area contributed by atoms with Crippen molar-refractivity contribution in [3.8, 4) is 0 Å². The largest absolute Gasteiger partial charge is 0.371 e. The average Bonchev–Trinajstić information content (AvgIpc) is 2.46. The summed E-state index contributed by atoms with van der Waals surface area (Å²) in [4.78, 5) is 37.4. The quantitative estimate of drug-likeness (QED) is 0.215. The summed E-state index contributed by atoms with van der Waals surface area (Å²) in [5, 5.41) is 15.8. The first-order valence-electron chi connectivity index (χ1n) is 7.55. The lowest BCUT2D eigenvalue weighted by atomic mass is 10.3. The molecule has 1 fully saturated rings. The Morgan fingerprint density at radius 2 is 1.29 bits per heavy atom. The number of hydrogen-bond acceptors (Lipinski definition) is 8. The van der Waals surface area contributed by atoms with Gasteiger partial charge in [-0.1, -0.05) is 0 Å².